The van der Waals surface area contributed by atoms with Gasteiger partial charge in [0.05, 0.1) is 12.2 Å². The minimum absolute atomic E-state index is 0.00629. The number of hydrogen-bond acceptors (Lipinski definition) is 4. The number of carbonyl (C=O) groups is 2. The number of hydrogen-bond donors (Lipinski definition) is 3. The standard InChI is InChI=1S/C21H18N4O3/c1-13-7-5-6-10-16(13)24-20(26)15-12-22-25-18(14-8-3-2-4-9-14)11-17(21(27)28)23-19(15)25/h2-12,18,23H,1H3,(H,24,26)(H,27,28). The van der Waals surface area contributed by atoms with Crippen LogP contribution in [0.1, 0.15) is 27.5 Å². The molecule has 0 saturated carbocycles. The number of carboxylic acids is 1. The summed E-state index contributed by atoms with van der Waals surface area (Å²) in [6.45, 7) is 1.90. The predicted octanol–water partition coefficient (Wildman–Crippen LogP) is 3.43. The van der Waals surface area contributed by atoms with Crippen molar-refractivity contribution < 1.29 is 14.7 Å². The molecule has 7 nitrogen and oxygen atoms in total. The van der Waals surface area contributed by atoms with Crippen LogP contribution in [0.4, 0.5) is 11.5 Å². The Balaban J connectivity index is 1.73. The fourth-order valence-electron chi connectivity index (χ4n) is 3.18. The molecule has 3 aromatic rings. The molecule has 0 saturated heterocycles. The highest BCUT2D eigenvalue weighted by Gasteiger charge is 2.29. The van der Waals surface area contributed by atoms with Crippen molar-refractivity contribution in [2.24, 2.45) is 0 Å². The van der Waals surface area contributed by atoms with Crippen molar-refractivity contribution in [3.8, 4) is 0 Å². The van der Waals surface area contributed by atoms with Gasteiger partial charge in [0.15, 0.2) is 0 Å². The molecule has 1 atom stereocenters. The third-order valence-electron chi connectivity index (χ3n) is 4.65. The Labute approximate surface area is 161 Å². The van der Waals surface area contributed by atoms with Crippen LogP contribution in [0, 0.1) is 6.92 Å². The van der Waals surface area contributed by atoms with Gasteiger partial charge >= 0.3 is 5.97 Å². The number of amides is 1. The molecule has 0 spiro atoms. The number of nitrogens with zero attached hydrogens (tertiary/aromatic N) is 2. The Morgan fingerprint density at radius 2 is 1.82 bits per heavy atom. The zero-order valence-electron chi connectivity index (χ0n) is 15.1. The van der Waals surface area contributed by atoms with Gasteiger partial charge in [-0.25, -0.2) is 9.48 Å². The van der Waals surface area contributed by atoms with Gasteiger partial charge < -0.3 is 15.7 Å². The number of aryl methyl sites for hydroxylation is 1. The summed E-state index contributed by atoms with van der Waals surface area (Å²) >= 11 is 0. The highest BCUT2D eigenvalue weighted by atomic mass is 16.4. The third kappa shape index (κ3) is 3.14. The number of carbonyl (C=O) groups excluding carboxylic acids is 1. The van der Waals surface area contributed by atoms with Crippen molar-refractivity contribution in [1.29, 1.82) is 0 Å². The molecule has 28 heavy (non-hydrogen) atoms. The molecule has 2 aromatic carbocycles. The summed E-state index contributed by atoms with van der Waals surface area (Å²) in [5.41, 5.74) is 2.77. The minimum Gasteiger partial charge on any atom is -0.477 e. The van der Waals surface area contributed by atoms with E-state index in [-0.39, 0.29) is 17.2 Å². The van der Waals surface area contributed by atoms with Crippen LogP contribution in [0.3, 0.4) is 0 Å². The number of carboxylic acid groups (broad SMARTS) is 1. The summed E-state index contributed by atoms with van der Waals surface area (Å²) in [5, 5.41) is 19.5. The summed E-state index contributed by atoms with van der Waals surface area (Å²) in [7, 11) is 0. The number of anilines is 2. The second kappa shape index (κ2) is 7.03. The largest absolute Gasteiger partial charge is 0.477 e. The van der Waals surface area contributed by atoms with Crippen molar-refractivity contribution in [2.45, 2.75) is 13.0 Å². The van der Waals surface area contributed by atoms with Gasteiger partial charge in [0.2, 0.25) is 0 Å². The quantitative estimate of drug-likeness (QED) is 0.650. The van der Waals surface area contributed by atoms with Gasteiger partial charge in [0, 0.05) is 5.69 Å². The van der Waals surface area contributed by atoms with E-state index in [2.05, 4.69) is 15.7 Å². The molecule has 140 valence electrons. The first kappa shape index (κ1) is 17.5. The number of aliphatic carboxylic acids is 1. The lowest BCUT2D eigenvalue weighted by Gasteiger charge is -2.24. The van der Waals surface area contributed by atoms with Crippen LogP contribution in [-0.4, -0.2) is 26.8 Å². The van der Waals surface area contributed by atoms with Crippen LogP contribution >= 0.6 is 0 Å². The number of fused-ring (bicyclic) bond motifs is 1. The summed E-state index contributed by atoms with van der Waals surface area (Å²) in [6, 6.07) is 16.4. The Hall–Kier alpha value is -3.87. The number of aromatic nitrogens is 2. The van der Waals surface area contributed by atoms with Crippen LogP contribution in [0.15, 0.2) is 72.6 Å². The lowest BCUT2D eigenvalue weighted by molar-refractivity contribution is -0.132. The maximum atomic E-state index is 12.8. The van der Waals surface area contributed by atoms with Crippen LogP contribution in [0.2, 0.25) is 0 Å². The Morgan fingerprint density at radius 1 is 1.11 bits per heavy atom. The van der Waals surface area contributed by atoms with E-state index < -0.39 is 12.0 Å². The van der Waals surface area contributed by atoms with Crippen LogP contribution < -0.4 is 10.6 Å². The molecule has 1 aliphatic heterocycles. The fourth-order valence-corrected chi connectivity index (χ4v) is 3.18. The molecule has 2 heterocycles. The molecule has 3 N–H and O–H groups in total. The maximum absolute atomic E-state index is 12.8. The molecule has 1 unspecified atom stereocenters. The Bertz CT molecular complexity index is 1090. The first-order valence-corrected chi connectivity index (χ1v) is 8.76. The molecule has 0 bridgehead atoms. The molecular formula is C21H18N4O3. The molecule has 0 aliphatic carbocycles. The van der Waals surface area contributed by atoms with E-state index >= 15 is 0 Å². The smallest absolute Gasteiger partial charge is 0.352 e. The molecule has 0 radical (unpaired) electrons. The zero-order chi connectivity index (χ0) is 19.7. The van der Waals surface area contributed by atoms with Gasteiger partial charge in [0.1, 0.15) is 17.1 Å². The van der Waals surface area contributed by atoms with Crippen molar-refractivity contribution in [1.82, 2.24) is 9.78 Å². The van der Waals surface area contributed by atoms with Crippen LogP contribution in [-0.2, 0) is 4.79 Å². The number of benzene rings is 2. The van der Waals surface area contributed by atoms with Crippen molar-refractivity contribution in [3.05, 3.63) is 89.3 Å². The number of para-hydroxylation sites is 1. The third-order valence-corrected chi connectivity index (χ3v) is 4.65. The predicted molar refractivity (Wildman–Crippen MR) is 105 cm³/mol. The molecule has 0 fully saturated rings. The summed E-state index contributed by atoms with van der Waals surface area (Å²) < 4.78 is 1.62. The number of nitrogens with one attached hydrogen (secondary N) is 2. The van der Waals surface area contributed by atoms with Crippen LogP contribution in [0.5, 0.6) is 0 Å². The molecule has 1 aliphatic rings. The molecule has 1 amide bonds. The topological polar surface area (TPSA) is 96.3 Å². The molecular weight excluding hydrogens is 356 g/mol. The van der Waals surface area contributed by atoms with Crippen molar-refractivity contribution in [3.63, 3.8) is 0 Å². The first-order chi connectivity index (χ1) is 13.5. The average molecular weight is 374 g/mol. The zero-order valence-corrected chi connectivity index (χ0v) is 15.1. The SMILES string of the molecule is Cc1ccccc1NC(=O)c1cnn2c1NC(C(=O)O)=CC2c1ccccc1. The number of allylic oxidation sites excluding steroid dienone is 1. The van der Waals surface area contributed by atoms with Gasteiger partial charge in [-0.15, -0.1) is 0 Å². The second-order valence-corrected chi connectivity index (χ2v) is 6.49. The highest BCUT2D eigenvalue weighted by Crippen LogP contribution is 2.32. The van der Waals surface area contributed by atoms with Gasteiger partial charge in [0.25, 0.3) is 5.91 Å². The van der Waals surface area contributed by atoms with Gasteiger partial charge in [-0.1, -0.05) is 48.5 Å². The Kier molecular flexibility index (Phi) is 4.41. The van der Waals surface area contributed by atoms with Gasteiger partial charge in [-0.2, -0.15) is 5.10 Å². The summed E-state index contributed by atoms with van der Waals surface area (Å²) in [4.78, 5) is 24.5. The summed E-state index contributed by atoms with van der Waals surface area (Å²) in [5.74, 6) is -1.11. The lowest BCUT2D eigenvalue weighted by Crippen LogP contribution is -2.25. The van der Waals surface area contributed by atoms with E-state index in [1.807, 2.05) is 61.5 Å². The first-order valence-electron chi connectivity index (χ1n) is 8.76. The van der Waals surface area contributed by atoms with E-state index in [9.17, 15) is 14.7 Å². The Morgan fingerprint density at radius 3 is 2.54 bits per heavy atom. The van der Waals surface area contributed by atoms with E-state index in [0.29, 0.717) is 11.5 Å². The van der Waals surface area contributed by atoms with E-state index in [1.54, 1.807) is 10.8 Å². The van der Waals surface area contributed by atoms with Gasteiger partial charge in [-0.3, -0.25) is 4.79 Å². The van der Waals surface area contributed by atoms with Crippen molar-refractivity contribution >= 4 is 23.4 Å². The molecule has 7 heteroatoms. The average Bonchev–Trinajstić information content (AvgIpc) is 3.14. The van der Waals surface area contributed by atoms with E-state index in [1.165, 1.54) is 6.20 Å². The van der Waals surface area contributed by atoms with Crippen LogP contribution in [0.25, 0.3) is 0 Å². The molecule has 4 rings (SSSR count). The normalized spacial score (nSPS) is 15.2. The fraction of sp³-hybridized carbons (Fsp3) is 0.0952. The second-order valence-electron chi connectivity index (χ2n) is 6.49. The van der Waals surface area contributed by atoms with E-state index in [0.717, 1.165) is 11.1 Å². The lowest BCUT2D eigenvalue weighted by atomic mass is 10.0. The minimum atomic E-state index is -1.10. The molecule has 1 aromatic heterocycles. The summed E-state index contributed by atoms with van der Waals surface area (Å²) in [6.07, 6.45) is 3.03. The van der Waals surface area contributed by atoms with Crippen molar-refractivity contribution in [2.75, 3.05) is 10.6 Å². The highest BCUT2D eigenvalue weighted by molar-refractivity contribution is 6.08. The number of rotatable bonds is 4. The maximum Gasteiger partial charge on any atom is 0.352 e. The monoisotopic (exact) mass is 374 g/mol. The van der Waals surface area contributed by atoms with Gasteiger partial charge in [-0.05, 0) is 30.2 Å². The van der Waals surface area contributed by atoms with E-state index in [4.69, 9.17) is 0 Å².